The average molecular weight is 872 g/mol. The lowest BCUT2D eigenvalue weighted by atomic mass is 10.1. The number of hydrogen-bond donors (Lipinski definition) is 0. The van der Waals surface area contributed by atoms with Gasteiger partial charge in [-0.25, -0.2) is 0 Å². The van der Waals surface area contributed by atoms with Crippen LogP contribution in [-0.4, -0.2) is 75.5 Å². The molecule has 0 amide bonds. The van der Waals surface area contributed by atoms with Gasteiger partial charge in [-0.05, 0) is 77.0 Å². The molecule has 0 N–H and O–H groups in total. The number of likely N-dealkylation sites (N-methyl/N-ethyl adjacent to an activating group) is 1. The average Bonchev–Trinajstić information content (AvgIpc) is 3.23. The van der Waals surface area contributed by atoms with E-state index >= 15 is 0 Å². The van der Waals surface area contributed by atoms with Gasteiger partial charge in [0, 0.05) is 19.3 Å². The van der Waals surface area contributed by atoms with Gasteiger partial charge in [-0.2, -0.15) is 0 Å². The Kier molecular flexibility index (Phi) is 42.9. The number of carboxylic acid groups (broad SMARTS) is 1. The molecule has 0 bridgehead atoms. The number of unbranched alkanes of at least 4 members (excludes halogenated alkanes) is 24. The number of rotatable bonds is 46. The summed E-state index contributed by atoms with van der Waals surface area (Å²) in [5, 5.41) is 11.7. The SMILES string of the molecule is CCCCC/C=C/C/C=C/C/C=C/CCCCCCCCCCCC(=O)OCC(COCCC(C(=O)[O-])[N+](C)(C)C)OC(=O)CCCCCCC/C=C/CCCCCCCCC. The summed E-state index contributed by atoms with van der Waals surface area (Å²) in [5.74, 6) is -1.75. The van der Waals surface area contributed by atoms with Crippen LogP contribution in [0, 0.1) is 0 Å². The molecule has 0 rings (SSSR count). The summed E-state index contributed by atoms with van der Waals surface area (Å²) in [6, 6.07) is -0.729. The van der Waals surface area contributed by atoms with Crippen LogP contribution in [0.5, 0.6) is 0 Å². The second-order valence-corrected chi connectivity index (χ2v) is 18.4. The van der Waals surface area contributed by atoms with Gasteiger partial charge in [0.1, 0.15) is 12.6 Å². The smallest absolute Gasteiger partial charge is 0.306 e. The first kappa shape index (κ1) is 59.3. The lowest BCUT2D eigenvalue weighted by molar-refractivity contribution is -0.889. The highest BCUT2D eigenvalue weighted by Gasteiger charge is 2.25. The topological polar surface area (TPSA) is 102 Å². The van der Waals surface area contributed by atoms with E-state index in [1.807, 2.05) is 0 Å². The number of aliphatic carboxylic acids is 1. The van der Waals surface area contributed by atoms with E-state index in [1.165, 1.54) is 122 Å². The lowest BCUT2D eigenvalue weighted by Crippen LogP contribution is -2.55. The third kappa shape index (κ3) is 42.6. The molecule has 0 fully saturated rings. The molecule has 0 aromatic rings. The first-order valence-electron chi connectivity index (χ1n) is 25.7. The molecule has 360 valence electrons. The van der Waals surface area contributed by atoms with Crippen molar-refractivity contribution in [1.82, 2.24) is 0 Å². The third-order valence-corrected chi connectivity index (χ3v) is 11.4. The van der Waals surface area contributed by atoms with E-state index in [0.29, 0.717) is 12.8 Å². The lowest BCUT2D eigenvalue weighted by Gasteiger charge is -2.34. The summed E-state index contributed by atoms with van der Waals surface area (Å²) >= 11 is 0. The molecule has 0 aliphatic heterocycles. The minimum atomic E-state index is -1.13. The van der Waals surface area contributed by atoms with Gasteiger partial charge in [-0.1, -0.05) is 178 Å². The van der Waals surface area contributed by atoms with Crippen molar-refractivity contribution in [1.29, 1.82) is 0 Å². The largest absolute Gasteiger partial charge is 0.544 e. The molecule has 0 heterocycles. The molecule has 8 heteroatoms. The second-order valence-electron chi connectivity index (χ2n) is 18.4. The van der Waals surface area contributed by atoms with Crippen molar-refractivity contribution in [2.24, 2.45) is 0 Å². The van der Waals surface area contributed by atoms with Crippen molar-refractivity contribution in [2.45, 2.75) is 238 Å². The molecular formula is C54H97NO7. The van der Waals surface area contributed by atoms with Crippen LogP contribution < -0.4 is 5.11 Å². The summed E-state index contributed by atoms with van der Waals surface area (Å²) < 4.78 is 17.2. The maximum absolute atomic E-state index is 12.8. The Hall–Kier alpha value is -2.71. The molecule has 0 radical (unpaired) electrons. The van der Waals surface area contributed by atoms with Crippen LogP contribution in [0.2, 0.25) is 0 Å². The van der Waals surface area contributed by atoms with E-state index in [4.69, 9.17) is 14.2 Å². The minimum absolute atomic E-state index is 0.0360. The summed E-state index contributed by atoms with van der Waals surface area (Å²) in [5.41, 5.74) is 0. The number of ether oxygens (including phenoxy) is 3. The standard InChI is InChI=1S/C54H97NO7/c1-6-8-10-12-14-16-18-20-22-24-25-26-27-28-29-31-32-34-36-38-40-42-44-52(56)61-49-50(48-60-47-46-51(54(58)59)55(3,4)5)62-53(57)45-43-41-39-37-35-33-30-23-21-19-17-15-13-11-9-7-2/h14,16,20,22-23,25-26,30,50-51H,6-13,15,17-19,21,24,27-29,31-49H2,1-5H3/b16-14+,22-20+,26-25+,30-23+. The van der Waals surface area contributed by atoms with Gasteiger partial charge in [0.2, 0.25) is 0 Å². The maximum atomic E-state index is 12.8. The molecule has 8 nitrogen and oxygen atoms in total. The van der Waals surface area contributed by atoms with E-state index in [-0.39, 0.29) is 42.7 Å². The van der Waals surface area contributed by atoms with Crippen molar-refractivity contribution in [3.63, 3.8) is 0 Å². The van der Waals surface area contributed by atoms with Gasteiger partial charge in [0.25, 0.3) is 0 Å². The highest BCUT2D eigenvalue weighted by molar-refractivity contribution is 5.70. The zero-order valence-electron chi connectivity index (χ0n) is 41.0. The molecule has 62 heavy (non-hydrogen) atoms. The maximum Gasteiger partial charge on any atom is 0.306 e. The Bertz CT molecular complexity index is 1150. The van der Waals surface area contributed by atoms with Crippen LogP contribution in [0.15, 0.2) is 48.6 Å². The van der Waals surface area contributed by atoms with Crippen LogP contribution in [0.1, 0.15) is 226 Å². The van der Waals surface area contributed by atoms with Gasteiger partial charge < -0.3 is 28.6 Å². The van der Waals surface area contributed by atoms with Crippen molar-refractivity contribution in [3.8, 4) is 0 Å². The number of carbonyl (C=O) groups is 3. The summed E-state index contributed by atoms with van der Waals surface area (Å²) in [6.07, 6.45) is 54.2. The molecule has 2 atom stereocenters. The Morgan fingerprint density at radius 2 is 0.855 bits per heavy atom. The number of esters is 2. The first-order chi connectivity index (χ1) is 30.1. The first-order valence-corrected chi connectivity index (χ1v) is 25.7. The van der Waals surface area contributed by atoms with Crippen LogP contribution in [0.4, 0.5) is 0 Å². The summed E-state index contributed by atoms with van der Waals surface area (Å²) in [7, 11) is 5.41. The number of carbonyl (C=O) groups excluding carboxylic acids is 3. The van der Waals surface area contributed by atoms with Crippen molar-refractivity contribution in [2.75, 3.05) is 41.0 Å². The molecule has 0 saturated carbocycles. The zero-order valence-corrected chi connectivity index (χ0v) is 41.0. The van der Waals surface area contributed by atoms with Crippen LogP contribution >= 0.6 is 0 Å². The van der Waals surface area contributed by atoms with E-state index < -0.39 is 18.1 Å². The van der Waals surface area contributed by atoms with Crippen LogP contribution in [-0.2, 0) is 28.6 Å². The molecule has 0 aromatic heterocycles. The highest BCUT2D eigenvalue weighted by atomic mass is 16.6. The predicted octanol–water partition coefficient (Wildman–Crippen LogP) is 13.4. The van der Waals surface area contributed by atoms with Gasteiger partial charge in [0.05, 0.1) is 40.3 Å². The second kappa shape index (κ2) is 44.9. The zero-order chi connectivity index (χ0) is 45.6. The normalized spacial score (nSPS) is 13.2. The Morgan fingerprint density at radius 1 is 0.484 bits per heavy atom. The fourth-order valence-electron chi connectivity index (χ4n) is 7.43. The number of hydrogen-bond acceptors (Lipinski definition) is 7. The fraction of sp³-hybridized carbons (Fsp3) is 0.796. The Morgan fingerprint density at radius 3 is 1.31 bits per heavy atom. The summed E-state index contributed by atoms with van der Waals surface area (Å²) in [6.45, 7) is 4.64. The van der Waals surface area contributed by atoms with Crippen molar-refractivity contribution in [3.05, 3.63) is 48.6 Å². The Balaban J connectivity index is 4.25. The molecule has 0 aliphatic rings. The number of quaternary nitrogens is 1. The third-order valence-electron chi connectivity index (χ3n) is 11.4. The highest BCUT2D eigenvalue weighted by Crippen LogP contribution is 2.15. The monoisotopic (exact) mass is 872 g/mol. The molecule has 0 saturated heterocycles. The molecule has 2 unspecified atom stereocenters. The number of allylic oxidation sites excluding steroid dienone is 8. The molecule has 0 aliphatic carbocycles. The van der Waals surface area contributed by atoms with Crippen molar-refractivity contribution >= 4 is 17.9 Å². The number of carboxylic acids is 1. The molecular weight excluding hydrogens is 775 g/mol. The van der Waals surface area contributed by atoms with Crippen LogP contribution in [0.3, 0.4) is 0 Å². The van der Waals surface area contributed by atoms with E-state index in [0.717, 1.165) is 70.6 Å². The molecule has 0 aromatic carbocycles. The predicted molar refractivity (Wildman–Crippen MR) is 259 cm³/mol. The van der Waals surface area contributed by atoms with E-state index in [9.17, 15) is 19.5 Å². The van der Waals surface area contributed by atoms with E-state index in [1.54, 1.807) is 21.1 Å². The van der Waals surface area contributed by atoms with Gasteiger partial charge in [-0.15, -0.1) is 0 Å². The van der Waals surface area contributed by atoms with Crippen LogP contribution in [0.25, 0.3) is 0 Å². The molecule has 0 spiro atoms. The summed E-state index contributed by atoms with van der Waals surface area (Å²) in [4.78, 5) is 37.0. The number of nitrogens with zero attached hydrogens (tertiary/aromatic N) is 1. The minimum Gasteiger partial charge on any atom is -0.544 e. The van der Waals surface area contributed by atoms with Crippen molar-refractivity contribution < 1.29 is 38.2 Å². The van der Waals surface area contributed by atoms with Gasteiger partial charge >= 0.3 is 11.9 Å². The quantitative estimate of drug-likeness (QED) is 0.0260. The van der Waals surface area contributed by atoms with E-state index in [2.05, 4.69) is 62.5 Å². The van der Waals surface area contributed by atoms with Gasteiger partial charge in [0.15, 0.2) is 6.10 Å². The fourth-order valence-corrected chi connectivity index (χ4v) is 7.43. The van der Waals surface area contributed by atoms with Gasteiger partial charge in [-0.3, -0.25) is 9.59 Å². The Labute approximate surface area is 382 Å².